The van der Waals surface area contributed by atoms with Gasteiger partial charge in [0.15, 0.2) is 5.82 Å². The second kappa shape index (κ2) is 6.85. The number of carbonyl (C=O) groups excluding carboxylic acids is 1. The van der Waals surface area contributed by atoms with Crippen LogP contribution in [0.5, 0.6) is 0 Å². The highest BCUT2D eigenvalue weighted by Crippen LogP contribution is 2.21. The second-order valence-corrected chi connectivity index (χ2v) is 4.78. The summed E-state index contributed by atoms with van der Waals surface area (Å²) in [4.78, 5) is 15.9. The fourth-order valence-corrected chi connectivity index (χ4v) is 1.72. The van der Waals surface area contributed by atoms with Gasteiger partial charge in [0.05, 0.1) is 0 Å². The molecule has 7 heteroatoms. The zero-order valence-electron chi connectivity index (χ0n) is 12.2. The standard InChI is InChI=1S/C14H18N4O3/c1-9(2)15-14(19)16-11-6-4-5-10(7-11)13-17-12(8-20-3)18-21-13/h4-7,9H,8H2,1-3H3,(H2,15,16,19). The monoisotopic (exact) mass is 290 g/mol. The zero-order valence-corrected chi connectivity index (χ0v) is 12.2. The van der Waals surface area contributed by atoms with Crippen LogP contribution in [0.15, 0.2) is 28.8 Å². The minimum Gasteiger partial charge on any atom is -0.377 e. The Morgan fingerprint density at radius 3 is 2.95 bits per heavy atom. The summed E-state index contributed by atoms with van der Waals surface area (Å²) in [5.74, 6) is 0.860. The van der Waals surface area contributed by atoms with Crippen molar-refractivity contribution < 1.29 is 14.1 Å². The van der Waals surface area contributed by atoms with Crippen LogP contribution in [0.2, 0.25) is 0 Å². The fraction of sp³-hybridized carbons (Fsp3) is 0.357. The van der Waals surface area contributed by atoms with Crippen molar-refractivity contribution in [2.24, 2.45) is 0 Å². The van der Waals surface area contributed by atoms with Crippen LogP contribution in [0.4, 0.5) is 10.5 Å². The molecule has 0 unspecified atom stereocenters. The van der Waals surface area contributed by atoms with E-state index < -0.39 is 0 Å². The van der Waals surface area contributed by atoms with Gasteiger partial charge in [-0.15, -0.1) is 0 Å². The smallest absolute Gasteiger partial charge is 0.319 e. The van der Waals surface area contributed by atoms with Gasteiger partial charge < -0.3 is 19.9 Å². The lowest BCUT2D eigenvalue weighted by atomic mass is 10.2. The summed E-state index contributed by atoms with van der Waals surface area (Å²) >= 11 is 0. The summed E-state index contributed by atoms with van der Waals surface area (Å²) in [6.45, 7) is 4.08. The summed E-state index contributed by atoms with van der Waals surface area (Å²) < 4.78 is 10.1. The predicted octanol–water partition coefficient (Wildman–Crippen LogP) is 2.41. The molecule has 21 heavy (non-hydrogen) atoms. The third-order valence-electron chi connectivity index (χ3n) is 2.53. The molecular weight excluding hydrogens is 272 g/mol. The molecule has 0 bridgehead atoms. The van der Waals surface area contributed by atoms with Crippen LogP contribution >= 0.6 is 0 Å². The Hall–Kier alpha value is -2.41. The third kappa shape index (κ3) is 4.28. The normalized spacial score (nSPS) is 10.7. The lowest BCUT2D eigenvalue weighted by Gasteiger charge is -2.10. The SMILES string of the molecule is COCc1noc(-c2cccc(NC(=O)NC(C)C)c2)n1. The second-order valence-electron chi connectivity index (χ2n) is 4.78. The van der Waals surface area contributed by atoms with Crippen LogP contribution in [-0.4, -0.2) is 29.3 Å². The van der Waals surface area contributed by atoms with Crippen molar-refractivity contribution >= 4 is 11.7 Å². The van der Waals surface area contributed by atoms with Crippen molar-refractivity contribution in [2.45, 2.75) is 26.5 Å². The van der Waals surface area contributed by atoms with Gasteiger partial charge in [0.2, 0.25) is 0 Å². The van der Waals surface area contributed by atoms with E-state index >= 15 is 0 Å². The van der Waals surface area contributed by atoms with Crippen LogP contribution < -0.4 is 10.6 Å². The molecule has 0 saturated carbocycles. The van der Waals surface area contributed by atoms with E-state index in [9.17, 15) is 4.79 Å². The first-order chi connectivity index (χ1) is 10.1. The topological polar surface area (TPSA) is 89.3 Å². The van der Waals surface area contributed by atoms with Crippen molar-refractivity contribution in [3.05, 3.63) is 30.1 Å². The molecule has 2 aromatic rings. The largest absolute Gasteiger partial charge is 0.377 e. The van der Waals surface area contributed by atoms with Gasteiger partial charge in [-0.3, -0.25) is 0 Å². The van der Waals surface area contributed by atoms with Crippen LogP contribution in [0.3, 0.4) is 0 Å². The lowest BCUT2D eigenvalue weighted by Crippen LogP contribution is -2.34. The molecule has 0 spiro atoms. The van der Waals surface area contributed by atoms with Crippen LogP contribution in [0.25, 0.3) is 11.5 Å². The summed E-state index contributed by atoms with van der Waals surface area (Å²) in [5.41, 5.74) is 1.38. The molecule has 2 amide bonds. The van der Waals surface area contributed by atoms with Gasteiger partial charge in [0, 0.05) is 24.4 Å². The van der Waals surface area contributed by atoms with E-state index in [1.54, 1.807) is 25.3 Å². The number of urea groups is 1. The Bertz CT molecular complexity index is 610. The highest BCUT2D eigenvalue weighted by Gasteiger charge is 2.10. The molecular formula is C14H18N4O3. The summed E-state index contributed by atoms with van der Waals surface area (Å²) in [6.07, 6.45) is 0. The Labute approximate surface area is 122 Å². The quantitative estimate of drug-likeness (QED) is 0.882. The minimum atomic E-state index is -0.257. The molecule has 2 N–H and O–H groups in total. The lowest BCUT2D eigenvalue weighted by molar-refractivity contribution is 0.174. The van der Waals surface area contributed by atoms with Gasteiger partial charge in [-0.25, -0.2) is 4.79 Å². The first-order valence-corrected chi connectivity index (χ1v) is 6.58. The maximum Gasteiger partial charge on any atom is 0.319 e. The van der Waals surface area contributed by atoms with Gasteiger partial charge >= 0.3 is 6.03 Å². The number of hydrogen-bond donors (Lipinski definition) is 2. The first-order valence-electron chi connectivity index (χ1n) is 6.58. The van der Waals surface area contributed by atoms with Crippen molar-refractivity contribution in [1.82, 2.24) is 15.5 Å². The molecule has 0 aliphatic rings. The number of aromatic nitrogens is 2. The van der Waals surface area contributed by atoms with Crippen LogP contribution in [-0.2, 0) is 11.3 Å². The average molecular weight is 290 g/mol. The number of benzene rings is 1. The van der Waals surface area contributed by atoms with Gasteiger partial charge in [-0.1, -0.05) is 11.2 Å². The number of nitrogens with one attached hydrogen (secondary N) is 2. The number of methoxy groups -OCH3 is 1. The fourth-order valence-electron chi connectivity index (χ4n) is 1.72. The van der Waals surface area contributed by atoms with Crippen molar-refractivity contribution in [2.75, 3.05) is 12.4 Å². The summed E-state index contributed by atoms with van der Waals surface area (Å²) in [5, 5.41) is 9.31. The summed E-state index contributed by atoms with van der Waals surface area (Å²) in [6, 6.07) is 7.00. The molecule has 0 radical (unpaired) electrons. The number of anilines is 1. The van der Waals surface area contributed by atoms with Crippen LogP contribution in [0, 0.1) is 0 Å². The van der Waals surface area contributed by atoms with Gasteiger partial charge in [-0.2, -0.15) is 4.98 Å². The molecule has 1 heterocycles. The van der Waals surface area contributed by atoms with Crippen molar-refractivity contribution in [1.29, 1.82) is 0 Å². The highest BCUT2D eigenvalue weighted by atomic mass is 16.5. The first kappa shape index (κ1) is 15.0. The minimum absolute atomic E-state index is 0.0701. The molecule has 7 nitrogen and oxygen atoms in total. The number of rotatable bonds is 5. The van der Waals surface area contributed by atoms with Gasteiger partial charge in [-0.05, 0) is 32.0 Å². The Morgan fingerprint density at radius 1 is 1.43 bits per heavy atom. The number of amides is 2. The maximum absolute atomic E-state index is 11.7. The molecule has 2 rings (SSSR count). The molecule has 1 aromatic heterocycles. The molecule has 0 fully saturated rings. The van der Waals surface area contributed by atoms with E-state index in [2.05, 4.69) is 20.8 Å². The summed E-state index contributed by atoms with van der Waals surface area (Å²) in [7, 11) is 1.56. The van der Waals surface area contributed by atoms with E-state index in [1.807, 2.05) is 19.9 Å². The third-order valence-corrected chi connectivity index (χ3v) is 2.53. The molecule has 0 saturated heterocycles. The Kier molecular flexibility index (Phi) is 4.89. The molecule has 112 valence electrons. The molecule has 0 aliphatic carbocycles. The molecule has 0 aliphatic heterocycles. The number of ether oxygens (including phenoxy) is 1. The zero-order chi connectivity index (χ0) is 15.2. The van der Waals surface area contributed by atoms with E-state index in [-0.39, 0.29) is 18.7 Å². The highest BCUT2D eigenvalue weighted by molar-refractivity contribution is 5.90. The van der Waals surface area contributed by atoms with E-state index in [1.165, 1.54) is 0 Å². The molecule has 1 aromatic carbocycles. The predicted molar refractivity (Wildman–Crippen MR) is 77.7 cm³/mol. The van der Waals surface area contributed by atoms with Gasteiger partial charge in [0.25, 0.3) is 5.89 Å². The number of hydrogen-bond acceptors (Lipinski definition) is 5. The number of carbonyl (C=O) groups is 1. The van der Waals surface area contributed by atoms with E-state index in [4.69, 9.17) is 9.26 Å². The Balaban J connectivity index is 2.11. The van der Waals surface area contributed by atoms with E-state index in [0.29, 0.717) is 17.4 Å². The average Bonchev–Trinajstić information content (AvgIpc) is 2.87. The maximum atomic E-state index is 11.7. The van der Waals surface area contributed by atoms with Crippen molar-refractivity contribution in [3.63, 3.8) is 0 Å². The van der Waals surface area contributed by atoms with Crippen molar-refractivity contribution in [3.8, 4) is 11.5 Å². The van der Waals surface area contributed by atoms with E-state index in [0.717, 1.165) is 5.56 Å². The molecule has 0 atom stereocenters. The number of nitrogens with zero attached hydrogens (tertiary/aromatic N) is 2. The Morgan fingerprint density at radius 2 is 2.24 bits per heavy atom. The van der Waals surface area contributed by atoms with Crippen LogP contribution in [0.1, 0.15) is 19.7 Å². The van der Waals surface area contributed by atoms with Gasteiger partial charge in [0.1, 0.15) is 6.61 Å².